The zero-order valence-electron chi connectivity index (χ0n) is 19.0. The maximum absolute atomic E-state index is 12.4. The van der Waals surface area contributed by atoms with Gasteiger partial charge in [0.25, 0.3) is 11.7 Å². The van der Waals surface area contributed by atoms with Gasteiger partial charge in [-0.3, -0.25) is 4.79 Å². The SMILES string of the molecule is CNCCOc1c(N)ncnc1-c1ccc(CNC(=O)c2noc(C(C)(C)C)n2)c(C)c1. The first-order chi connectivity index (χ1) is 15.2. The molecule has 10 nitrogen and oxygen atoms in total. The highest BCUT2D eigenvalue weighted by Crippen LogP contribution is 2.32. The number of hydrogen-bond acceptors (Lipinski definition) is 9. The Balaban J connectivity index is 1.73. The number of nitrogens with zero attached hydrogens (tertiary/aromatic N) is 4. The van der Waals surface area contributed by atoms with Crippen molar-refractivity contribution in [2.45, 2.75) is 39.7 Å². The van der Waals surface area contributed by atoms with E-state index < -0.39 is 5.91 Å². The van der Waals surface area contributed by atoms with Gasteiger partial charge in [0.1, 0.15) is 18.6 Å². The third-order valence-electron chi connectivity index (χ3n) is 4.76. The van der Waals surface area contributed by atoms with E-state index >= 15 is 0 Å². The van der Waals surface area contributed by atoms with Crippen molar-refractivity contribution in [1.29, 1.82) is 0 Å². The molecule has 10 heteroatoms. The number of nitrogen functional groups attached to an aromatic ring is 1. The van der Waals surface area contributed by atoms with Gasteiger partial charge in [0.15, 0.2) is 11.6 Å². The van der Waals surface area contributed by atoms with Crippen LogP contribution in [0.5, 0.6) is 5.75 Å². The lowest BCUT2D eigenvalue weighted by Gasteiger charge is -2.14. The number of hydrogen-bond donors (Lipinski definition) is 3. The summed E-state index contributed by atoms with van der Waals surface area (Å²) in [5.41, 5.74) is 9.08. The van der Waals surface area contributed by atoms with E-state index in [1.54, 1.807) is 0 Å². The molecular formula is C22H29N7O3. The van der Waals surface area contributed by atoms with E-state index in [2.05, 4.69) is 30.7 Å². The van der Waals surface area contributed by atoms with Crippen LogP contribution in [0.15, 0.2) is 29.0 Å². The summed E-state index contributed by atoms with van der Waals surface area (Å²) in [6.07, 6.45) is 1.41. The van der Waals surface area contributed by atoms with Crippen LogP contribution >= 0.6 is 0 Å². The number of rotatable bonds is 8. The molecule has 3 aromatic rings. The van der Waals surface area contributed by atoms with Crippen LogP contribution in [-0.2, 0) is 12.0 Å². The number of nitrogens with one attached hydrogen (secondary N) is 2. The summed E-state index contributed by atoms with van der Waals surface area (Å²) in [6, 6.07) is 5.81. The largest absolute Gasteiger partial charge is 0.486 e. The topological polar surface area (TPSA) is 141 Å². The molecule has 0 fully saturated rings. The molecular weight excluding hydrogens is 410 g/mol. The van der Waals surface area contributed by atoms with Crippen LogP contribution in [0.25, 0.3) is 11.3 Å². The number of carbonyl (C=O) groups excluding carboxylic acids is 1. The second kappa shape index (κ2) is 9.73. The minimum atomic E-state index is -0.392. The van der Waals surface area contributed by atoms with E-state index in [4.69, 9.17) is 15.0 Å². The predicted molar refractivity (Wildman–Crippen MR) is 120 cm³/mol. The van der Waals surface area contributed by atoms with Crippen molar-refractivity contribution in [3.8, 4) is 17.0 Å². The lowest BCUT2D eigenvalue weighted by molar-refractivity contribution is 0.0937. The van der Waals surface area contributed by atoms with Crippen LogP contribution in [0.1, 0.15) is 48.4 Å². The Labute approximate surface area is 187 Å². The summed E-state index contributed by atoms with van der Waals surface area (Å²) in [6.45, 7) is 9.21. The second-order valence-electron chi connectivity index (χ2n) is 8.39. The molecule has 32 heavy (non-hydrogen) atoms. The minimum absolute atomic E-state index is 0.0176. The number of nitrogens with two attached hydrogens (primary N) is 1. The molecule has 0 radical (unpaired) electrons. The van der Waals surface area contributed by atoms with Crippen LogP contribution in [0.4, 0.5) is 5.82 Å². The fraction of sp³-hybridized carbons (Fsp3) is 0.409. The summed E-state index contributed by atoms with van der Waals surface area (Å²) in [4.78, 5) is 25.0. The number of ether oxygens (including phenoxy) is 1. The van der Waals surface area contributed by atoms with Crippen LogP contribution in [-0.4, -0.2) is 46.2 Å². The predicted octanol–water partition coefficient (Wildman–Crippen LogP) is 2.24. The molecule has 0 atom stereocenters. The van der Waals surface area contributed by atoms with Gasteiger partial charge >= 0.3 is 0 Å². The molecule has 170 valence electrons. The number of benzene rings is 1. The van der Waals surface area contributed by atoms with E-state index in [1.165, 1.54) is 6.33 Å². The van der Waals surface area contributed by atoms with Crippen molar-refractivity contribution in [2.24, 2.45) is 0 Å². The Kier molecular flexibility index (Phi) is 7.04. The normalized spacial score (nSPS) is 11.4. The van der Waals surface area contributed by atoms with Crippen molar-refractivity contribution in [2.75, 3.05) is 25.9 Å². The Morgan fingerprint density at radius 3 is 2.69 bits per heavy atom. The molecule has 2 heterocycles. The van der Waals surface area contributed by atoms with Gasteiger partial charge in [-0.25, -0.2) is 9.97 Å². The second-order valence-corrected chi connectivity index (χ2v) is 8.39. The van der Waals surface area contributed by atoms with Crippen molar-refractivity contribution in [1.82, 2.24) is 30.7 Å². The van der Waals surface area contributed by atoms with Crippen molar-refractivity contribution in [3.63, 3.8) is 0 Å². The van der Waals surface area contributed by atoms with Gasteiger partial charge in [0.2, 0.25) is 5.89 Å². The quantitative estimate of drug-likeness (QED) is 0.450. The molecule has 3 rings (SSSR count). The Morgan fingerprint density at radius 1 is 1.25 bits per heavy atom. The molecule has 0 saturated heterocycles. The molecule has 0 unspecified atom stereocenters. The van der Waals surface area contributed by atoms with E-state index in [1.807, 2.05) is 52.9 Å². The van der Waals surface area contributed by atoms with Crippen LogP contribution in [0.2, 0.25) is 0 Å². The highest BCUT2D eigenvalue weighted by Gasteiger charge is 2.24. The fourth-order valence-corrected chi connectivity index (χ4v) is 2.91. The van der Waals surface area contributed by atoms with E-state index in [-0.39, 0.29) is 17.1 Å². The third kappa shape index (κ3) is 5.38. The lowest BCUT2D eigenvalue weighted by Crippen LogP contribution is -2.24. The fourth-order valence-electron chi connectivity index (χ4n) is 2.91. The summed E-state index contributed by atoms with van der Waals surface area (Å²) in [5, 5.41) is 9.63. The van der Waals surface area contributed by atoms with E-state index in [0.29, 0.717) is 37.0 Å². The zero-order chi connectivity index (χ0) is 23.3. The highest BCUT2D eigenvalue weighted by molar-refractivity contribution is 5.90. The van der Waals surface area contributed by atoms with Gasteiger partial charge in [-0.05, 0) is 31.2 Å². The first-order valence-electron chi connectivity index (χ1n) is 10.3. The van der Waals surface area contributed by atoms with Gasteiger partial charge in [-0.1, -0.05) is 38.1 Å². The first-order valence-corrected chi connectivity index (χ1v) is 10.3. The zero-order valence-corrected chi connectivity index (χ0v) is 19.0. The van der Waals surface area contributed by atoms with E-state index in [9.17, 15) is 4.79 Å². The van der Waals surface area contributed by atoms with Crippen LogP contribution in [0, 0.1) is 6.92 Å². The number of anilines is 1. The molecule has 1 amide bonds. The summed E-state index contributed by atoms with van der Waals surface area (Å²) in [7, 11) is 1.85. The third-order valence-corrected chi connectivity index (χ3v) is 4.76. The Bertz CT molecular complexity index is 1090. The molecule has 0 aliphatic heterocycles. The van der Waals surface area contributed by atoms with Gasteiger partial charge < -0.3 is 25.6 Å². The van der Waals surface area contributed by atoms with Crippen molar-refractivity contribution >= 4 is 11.7 Å². The Morgan fingerprint density at radius 2 is 2.03 bits per heavy atom. The molecule has 4 N–H and O–H groups in total. The molecule has 0 spiro atoms. The number of amides is 1. The lowest BCUT2D eigenvalue weighted by atomic mass is 9.97. The molecule has 0 aliphatic carbocycles. The van der Waals surface area contributed by atoms with Crippen molar-refractivity contribution < 1.29 is 14.1 Å². The smallest absolute Gasteiger partial charge is 0.292 e. The molecule has 0 aliphatic rings. The number of aryl methyl sites for hydroxylation is 1. The number of carbonyl (C=O) groups is 1. The molecule has 0 saturated carbocycles. The van der Waals surface area contributed by atoms with Crippen molar-refractivity contribution in [3.05, 3.63) is 47.4 Å². The standard InChI is InChI=1S/C22H29N7O3/c1-13-10-14(16-17(31-9-8-24-5)18(23)27-12-26-16)6-7-15(13)11-25-20(30)19-28-21(32-29-19)22(2,3)4/h6-7,10,12,24H,8-9,11H2,1-5H3,(H,25,30)(H2,23,26,27). The van der Waals surface area contributed by atoms with E-state index in [0.717, 1.165) is 16.7 Å². The monoisotopic (exact) mass is 439 g/mol. The number of aromatic nitrogens is 4. The van der Waals surface area contributed by atoms with Gasteiger partial charge in [-0.15, -0.1) is 0 Å². The molecule has 0 bridgehead atoms. The summed E-state index contributed by atoms with van der Waals surface area (Å²) < 4.78 is 11.0. The van der Waals surface area contributed by atoms with Gasteiger partial charge in [0.05, 0.1) is 0 Å². The molecule has 1 aromatic carbocycles. The van der Waals surface area contributed by atoms with Gasteiger partial charge in [0, 0.05) is 24.1 Å². The maximum atomic E-state index is 12.4. The molecule has 2 aromatic heterocycles. The maximum Gasteiger partial charge on any atom is 0.292 e. The van der Waals surface area contributed by atoms with Crippen LogP contribution in [0.3, 0.4) is 0 Å². The first kappa shape index (κ1) is 23.1. The number of likely N-dealkylation sites (N-methyl/N-ethyl adjacent to an activating group) is 1. The minimum Gasteiger partial charge on any atom is -0.486 e. The summed E-state index contributed by atoms with van der Waals surface area (Å²) in [5.74, 6) is 0.783. The summed E-state index contributed by atoms with van der Waals surface area (Å²) >= 11 is 0. The Hall–Kier alpha value is -3.53. The average molecular weight is 440 g/mol. The van der Waals surface area contributed by atoms with Gasteiger partial charge in [-0.2, -0.15) is 4.98 Å². The van der Waals surface area contributed by atoms with Crippen LogP contribution < -0.4 is 21.1 Å². The average Bonchev–Trinajstić information content (AvgIpc) is 3.25. The highest BCUT2D eigenvalue weighted by atomic mass is 16.5.